The summed E-state index contributed by atoms with van der Waals surface area (Å²) in [5.74, 6) is -1.26. The highest BCUT2D eigenvalue weighted by atomic mass is 32.2. The monoisotopic (exact) mass is 221 g/mol. The summed E-state index contributed by atoms with van der Waals surface area (Å²) >= 11 is 0. The first-order valence-electron chi connectivity index (χ1n) is 4.38. The second kappa shape index (κ2) is 2.93. The van der Waals surface area contributed by atoms with Crippen molar-refractivity contribution in [2.45, 2.75) is 43.9 Å². The summed E-state index contributed by atoms with van der Waals surface area (Å²) < 4.78 is 24.2. The lowest BCUT2D eigenvalue weighted by molar-refractivity contribution is -0.137. The highest BCUT2D eigenvalue weighted by molar-refractivity contribution is 7.92. The molecule has 1 aliphatic rings. The van der Waals surface area contributed by atoms with Gasteiger partial charge < -0.3 is 5.11 Å². The largest absolute Gasteiger partial charge is 0.480 e. The molecule has 1 fully saturated rings. The Labute approximate surface area is 83.6 Å². The van der Waals surface area contributed by atoms with Gasteiger partial charge in [0, 0.05) is 5.54 Å². The minimum absolute atomic E-state index is 0.202. The maximum absolute atomic E-state index is 11.7. The van der Waals surface area contributed by atoms with Crippen LogP contribution in [0.4, 0.5) is 0 Å². The van der Waals surface area contributed by atoms with Crippen LogP contribution in [0.3, 0.4) is 0 Å². The van der Waals surface area contributed by atoms with E-state index in [0.29, 0.717) is 0 Å². The van der Waals surface area contributed by atoms with E-state index in [4.69, 9.17) is 5.11 Å². The number of hydrogen-bond acceptors (Lipinski definition) is 3. The summed E-state index contributed by atoms with van der Waals surface area (Å²) in [4.78, 5) is 10.8. The molecule has 0 aliphatic heterocycles. The van der Waals surface area contributed by atoms with E-state index in [-0.39, 0.29) is 12.8 Å². The fourth-order valence-electron chi connectivity index (χ4n) is 1.21. The predicted molar refractivity (Wildman–Crippen MR) is 51.4 cm³/mol. The van der Waals surface area contributed by atoms with Crippen LogP contribution in [0.1, 0.15) is 33.6 Å². The van der Waals surface area contributed by atoms with E-state index in [1.165, 1.54) is 0 Å². The molecule has 0 bridgehead atoms. The molecule has 1 saturated carbocycles. The maximum atomic E-state index is 11.7. The summed E-state index contributed by atoms with van der Waals surface area (Å²) in [6.45, 7) is 5.05. The smallest absolute Gasteiger partial charge is 0.326 e. The van der Waals surface area contributed by atoms with Crippen molar-refractivity contribution < 1.29 is 18.3 Å². The van der Waals surface area contributed by atoms with E-state index in [2.05, 4.69) is 4.72 Å². The van der Waals surface area contributed by atoms with Crippen LogP contribution in [0.5, 0.6) is 0 Å². The molecule has 0 radical (unpaired) electrons. The van der Waals surface area contributed by atoms with Crippen molar-refractivity contribution in [3.63, 3.8) is 0 Å². The molecule has 0 amide bonds. The first-order chi connectivity index (χ1) is 6.11. The summed E-state index contributed by atoms with van der Waals surface area (Å²) in [5.41, 5.74) is -0.635. The average molecular weight is 221 g/mol. The van der Waals surface area contributed by atoms with Crippen LogP contribution in [-0.2, 0) is 14.8 Å². The maximum Gasteiger partial charge on any atom is 0.326 e. The minimum atomic E-state index is -3.76. The molecule has 0 saturated heterocycles. The topological polar surface area (TPSA) is 83.5 Å². The van der Waals surface area contributed by atoms with E-state index in [1.807, 2.05) is 0 Å². The Morgan fingerprint density at radius 3 is 2.00 bits per heavy atom. The molecule has 6 heteroatoms. The van der Waals surface area contributed by atoms with E-state index in [0.717, 1.165) is 0 Å². The lowest BCUT2D eigenvalue weighted by Crippen LogP contribution is -2.49. The Morgan fingerprint density at radius 2 is 1.79 bits per heavy atom. The van der Waals surface area contributed by atoms with Crippen LogP contribution in [0, 0.1) is 0 Å². The van der Waals surface area contributed by atoms with Gasteiger partial charge in [0.25, 0.3) is 0 Å². The van der Waals surface area contributed by atoms with Gasteiger partial charge in [-0.1, -0.05) is 0 Å². The van der Waals surface area contributed by atoms with Gasteiger partial charge in [0.2, 0.25) is 10.0 Å². The Kier molecular flexibility index (Phi) is 2.40. The molecule has 0 aromatic carbocycles. The number of carboxylic acid groups (broad SMARTS) is 1. The number of sulfonamides is 1. The Morgan fingerprint density at radius 1 is 1.36 bits per heavy atom. The van der Waals surface area contributed by atoms with E-state index in [9.17, 15) is 13.2 Å². The molecule has 0 unspecified atom stereocenters. The van der Waals surface area contributed by atoms with Crippen molar-refractivity contribution in [2.75, 3.05) is 0 Å². The van der Waals surface area contributed by atoms with Crippen LogP contribution in [0.15, 0.2) is 0 Å². The molecule has 0 spiro atoms. The number of carbonyl (C=O) groups is 1. The first kappa shape index (κ1) is 11.5. The Hall–Kier alpha value is -0.620. The van der Waals surface area contributed by atoms with Crippen LogP contribution in [0.25, 0.3) is 0 Å². The van der Waals surface area contributed by atoms with Gasteiger partial charge in [0.05, 0.1) is 0 Å². The van der Waals surface area contributed by atoms with Crippen LogP contribution in [0.2, 0.25) is 0 Å². The van der Waals surface area contributed by atoms with Crippen molar-refractivity contribution in [1.82, 2.24) is 4.72 Å². The Balaban J connectivity index is 2.93. The molecule has 82 valence electrons. The Bertz CT molecular complexity index is 348. The molecular formula is C8H15NO4S. The van der Waals surface area contributed by atoms with E-state index in [1.54, 1.807) is 20.8 Å². The summed E-state index contributed by atoms with van der Waals surface area (Å²) in [6.07, 6.45) is 0.404. The van der Waals surface area contributed by atoms with Crippen molar-refractivity contribution in [3.8, 4) is 0 Å². The molecule has 0 heterocycles. The second-order valence-electron chi connectivity index (χ2n) is 4.65. The number of rotatable bonds is 3. The van der Waals surface area contributed by atoms with Gasteiger partial charge in [0.15, 0.2) is 4.75 Å². The van der Waals surface area contributed by atoms with Crippen LogP contribution in [-0.4, -0.2) is 29.8 Å². The molecule has 0 aromatic rings. The third-order valence-electron chi connectivity index (χ3n) is 2.05. The van der Waals surface area contributed by atoms with Gasteiger partial charge in [-0.25, -0.2) is 13.1 Å². The summed E-state index contributed by atoms with van der Waals surface area (Å²) in [5, 5.41) is 8.82. The molecule has 1 rings (SSSR count). The second-order valence-corrected chi connectivity index (χ2v) is 6.65. The zero-order valence-corrected chi connectivity index (χ0v) is 9.31. The van der Waals surface area contributed by atoms with Crippen LogP contribution < -0.4 is 4.72 Å². The van der Waals surface area contributed by atoms with Crippen molar-refractivity contribution >= 4 is 16.0 Å². The standard InChI is InChI=1S/C8H15NO4S/c1-7(2,3)9-14(12,13)8(4-5-8)6(10)11/h9H,4-5H2,1-3H3,(H,10,11). The molecular weight excluding hydrogens is 206 g/mol. The van der Waals surface area contributed by atoms with Gasteiger partial charge in [-0.2, -0.15) is 0 Å². The lowest BCUT2D eigenvalue weighted by atomic mass is 10.1. The molecule has 2 N–H and O–H groups in total. The van der Waals surface area contributed by atoms with Gasteiger partial charge in [-0.3, -0.25) is 4.79 Å². The normalized spacial score (nSPS) is 20.5. The fraction of sp³-hybridized carbons (Fsp3) is 0.875. The van der Waals surface area contributed by atoms with Crippen molar-refractivity contribution in [1.29, 1.82) is 0 Å². The fourth-order valence-corrected chi connectivity index (χ4v) is 3.08. The van der Waals surface area contributed by atoms with E-state index >= 15 is 0 Å². The van der Waals surface area contributed by atoms with Crippen molar-refractivity contribution in [3.05, 3.63) is 0 Å². The zero-order chi connectivity index (χ0) is 11.2. The lowest BCUT2D eigenvalue weighted by Gasteiger charge is -2.23. The average Bonchev–Trinajstić information content (AvgIpc) is 2.56. The van der Waals surface area contributed by atoms with Crippen LogP contribution >= 0.6 is 0 Å². The highest BCUT2D eigenvalue weighted by Crippen LogP contribution is 2.43. The van der Waals surface area contributed by atoms with Crippen molar-refractivity contribution in [2.24, 2.45) is 0 Å². The number of aliphatic carboxylic acids is 1. The van der Waals surface area contributed by atoms with E-state index < -0.39 is 26.3 Å². The predicted octanol–water partition coefficient (Wildman–Crippen LogP) is 0.321. The third-order valence-corrected chi connectivity index (χ3v) is 4.54. The molecule has 0 aromatic heterocycles. The minimum Gasteiger partial charge on any atom is -0.480 e. The van der Waals surface area contributed by atoms with Gasteiger partial charge in [-0.05, 0) is 33.6 Å². The molecule has 14 heavy (non-hydrogen) atoms. The first-order valence-corrected chi connectivity index (χ1v) is 5.86. The molecule has 0 atom stereocenters. The quantitative estimate of drug-likeness (QED) is 0.719. The van der Waals surface area contributed by atoms with Gasteiger partial charge >= 0.3 is 5.97 Å². The summed E-state index contributed by atoms with van der Waals surface area (Å²) in [6, 6.07) is 0. The summed E-state index contributed by atoms with van der Waals surface area (Å²) in [7, 11) is -3.76. The highest BCUT2D eigenvalue weighted by Gasteiger charge is 2.62. The molecule has 1 aliphatic carbocycles. The van der Waals surface area contributed by atoms with Gasteiger partial charge in [0.1, 0.15) is 0 Å². The van der Waals surface area contributed by atoms with Gasteiger partial charge in [-0.15, -0.1) is 0 Å². The SMILES string of the molecule is CC(C)(C)NS(=O)(=O)C1(C(=O)O)CC1. The third kappa shape index (κ3) is 1.90. The number of carboxylic acids is 1. The number of nitrogens with one attached hydrogen (secondary N) is 1. The molecule has 5 nitrogen and oxygen atoms in total. The number of hydrogen-bond donors (Lipinski definition) is 2. The zero-order valence-electron chi connectivity index (χ0n) is 8.49.